The van der Waals surface area contributed by atoms with Gasteiger partial charge in [-0.3, -0.25) is 4.79 Å². The van der Waals surface area contributed by atoms with Gasteiger partial charge < -0.3 is 15.0 Å². The summed E-state index contributed by atoms with van der Waals surface area (Å²) in [6.45, 7) is 5.58. The van der Waals surface area contributed by atoms with E-state index >= 15 is 0 Å². The highest BCUT2D eigenvalue weighted by Crippen LogP contribution is 2.14. The SMILES string of the molecule is CCN(Cc1cccc(Br)c1)C(=O)CC1COCCN1.Cl. The van der Waals surface area contributed by atoms with E-state index in [0.717, 1.165) is 29.7 Å². The molecule has 1 saturated heterocycles. The molecule has 1 aromatic rings. The van der Waals surface area contributed by atoms with E-state index in [0.29, 0.717) is 19.6 Å². The fraction of sp³-hybridized carbons (Fsp3) is 0.533. The van der Waals surface area contributed by atoms with Crippen LogP contribution in [0.15, 0.2) is 28.7 Å². The van der Waals surface area contributed by atoms with Gasteiger partial charge in [0.2, 0.25) is 5.91 Å². The summed E-state index contributed by atoms with van der Waals surface area (Å²) in [4.78, 5) is 14.2. The zero-order chi connectivity index (χ0) is 14.4. The third-order valence-corrected chi connectivity index (χ3v) is 3.91. The number of benzene rings is 1. The van der Waals surface area contributed by atoms with Crippen LogP contribution in [0.25, 0.3) is 0 Å². The highest BCUT2D eigenvalue weighted by Gasteiger charge is 2.20. The van der Waals surface area contributed by atoms with Crippen LogP contribution in [0.2, 0.25) is 0 Å². The average Bonchev–Trinajstić information content (AvgIpc) is 2.46. The van der Waals surface area contributed by atoms with Crippen molar-refractivity contribution in [3.05, 3.63) is 34.3 Å². The van der Waals surface area contributed by atoms with Crippen LogP contribution in [0.5, 0.6) is 0 Å². The monoisotopic (exact) mass is 376 g/mol. The highest BCUT2D eigenvalue weighted by atomic mass is 79.9. The number of hydrogen-bond donors (Lipinski definition) is 1. The summed E-state index contributed by atoms with van der Waals surface area (Å²) >= 11 is 3.46. The summed E-state index contributed by atoms with van der Waals surface area (Å²) in [5.41, 5.74) is 1.14. The van der Waals surface area contributed by atoms with Crippen molar-refractivity contribution in [1.29, 1.82) is 0 Å². The molecule has 1 unspecified atom stereocenters. The maximum Gasteiger partial charge on any atom is 0.224 e. The first-order valence-electron chi connectivity index (χ1n) is 7.02. The fourth-order valence-electron chi connectivity index (χ4n) is 2.32. The fourth-order valence-corrected chi connectivity index (χ4v) is 2.77. The van der Waals surface area contributed by atoms with Gasteiger partial charge in [-0.2, -0.15) is 0 Å². The molecule has 1 atom stereocenters. The van der Waals surface area contributed by atoms with Gasteiger partial charge in [0, 0.05) is 36.6 Å². The van der Waals surface area contributed by atoms with Crippen molar-refractivity contribution in [2.24, 2.45) is 0 Å². The Labute approximate surface area is 140 Å². The number of amides is 1. The molecule has 6 heteroatoms. The Balaban J connectivity index is 0.00000220. The van der Waals surface area contributed by atoms with Gasteiger partial charge in [-0.25, -0.2) is 0 Å². The van der Waals surface area contributed by atoms with Crippen molar-refractivity contribution in [2.75, 3.05) is 26.3 Å². The van der Waals surface area contributed by atoms with E-state index in [1.54, 1.807) is 0 Å². The molecule has 0 aliphatic carbocycles. The van der Waals surface area contributed by atoms with E-state index in [2.05, 4.69) is 27.3 Å². The van der Waals surface area contributed by atoms with Gasteiger partial charge in [0.15, 0.2) is 0 Å². The summed E-state index contributed by atoms with van der Waals surface area (Å²) in [5, 5.41) is 3.32. The van der Waals surface area contributed by atoms with Gasteiger partial charge in [-0.05, 0) is 24.6 Å². The largest absolute Gasteiger partial charge is 0.378 e. The van der Waals surface area contributed by atoms with Crippen LogP contribution in [0, 0.1) is 0 Å². The lowest BCUT2D eigenvalue weighted by Gasteiger charge is -2.27. The van der Waals surface area contributed by atoms with Gasteiger partial charge in [0.05, 0.1) is 13.2 Å². The second-order valence-electron chi connectivity index (χ2n) is 4.97. The van der Waals surface area contributed by atoms with Gasteiger partial charge in [0.1, 0.15) is 0 Å². The number of ether oxygens (including phenoxy) is 1. The standard InChI is InChI=1S/C15H21BrN2O2.ClH/c1-2-18(10-12-4-3-5-13(16)8-12)15(19)9-14-11-20-7-6-17-14;/h3-5,8,14,17H,2,6-7,9-11H2,1H3;1H. The first-order chi connectivity index (χ1) is 9.69. The van der Waals surface area contributed by atoms with E-state index in [4.69, 9.17) is 4.74 Å². The number of rotatable bonds is 5. The maximum atomic E-state index is 12.4. The van der Waals surface area contributed by atoms with Crippen LogP contribution in [0.1, 0.15) is 18.9 Å². The number of halogens is 2. The normalized spacial score (nSPS) is 17.9. The van der Waals surface area contributed by atoms with Crippen LogP contribution >= 0.6 is 28.3 Å². The van der Waals surface area contributed by atoms with E-state index in [1.807, 2.05) is 30.0 Å². The number of nitrogens with zero attached hydrogens (tertiary/aromatic N) is 1. The van der Waals surface area contributed by atoms with E-state index in [9.17, 15) is 4.79 Å². The Bertz CT molecular complexity index is 453. The number of carbonyl (C=O) groups is 1. The molecular formula is C15H22BrClN2O2. The van der Waals surface area contributed by atoms with Crippen molar-refractivity contribution in [1.82, 2.24) is 10.2 Å². The third-order valence-electron chi connectivity index (χ3n) is 3.42. The van der Waals surface area contributed by atoms with Crippen LogP contribution in [0.4, 0.5) is 0 Å². The zero-order valence-corrected chi connectivity index (χ0v) is 14.6. The molecule has 1 aliphatic heterocycles. The average molecular weight is 378 g/mol. The minimum atomic E-state index is 0. The topological polar surface area (TPSA) is 41.6 Å². The second-order valence-corrected chi connectivity index (χ2v) is 5.88. The molecule has 118 valence electrons. The Morgan fingerprint density at radius 2 is 2.33 bits per heavy atom. The minimum Gasteiger partial charge on any atom is -0.378 e. The molecule has 1 fully saturated rings. The molecule has 1 amide bonds. The molecule has 1 aromatic carbocycles. The molecule has 0 saturated carbocycles. The van der Waals surface area contributed by atoms with Crippen LogP contribution in [0.3, 0.4) is 0 Å². The summed E-state index contributed by atoms with van der Waals surface area (Å²) in [6, 6.07) is 8.23. The Hall–Kier alpha value is -0.620. The summed E-state index contributed by atoms with van der Waals surface area (Å²) in [5.74, 6) is 0.176. The van der Waals surface area contributed by atoms with Crippen molar-refractivity contribution < 1.29 is 9.53 Å². The molecule has 1 N–H and O–H groups in total. The summed E-state index contributed by atoms with van der Waals surface area (Å²) in [7, 11) is 0. The molecule has 0 spiro atoms. The van der Waals surface area contributed by atoms with Crippen molar-refractivity contribution in [3.63, 3.8) is 0 Å². The second kappa shape index (κ2) is 9.41. The molecule has 0 aromatic heterocycles. The maximum absolute atomic E-state index is 12.4. The van der Waals surface area contributed by atoms with Crippen molar-refractivity contribution >= 4 is 34.2 Å². The molecule has 2 rings (SSSR count). The van der Waals surface area contributed by atoms with Gasteiger partial charge in [-0.15, -0.1) is 12.4 Å². The van der Waals surface area contributed by atoms with Crippen LogP contribution in [-0.4, -0.2) is 43.2 Å². The molecule has 1 aliphatic rings. The minimum absolute atomic E-state index is 0. The Morgan fingerprint density at radius 1 is 1.52 bits per heavy atom. The summed E-state index contributed by atoms with van der Waals surface area (Å²) < 4.78 is 6.43. The molecular weight excluding hydrogens is 356 g/mol. The third kappa shape index (κ3) is 5.94. The lowest BCUT2D eigenvalue weighted by atomic mass is 10.1. The molecule has 21 heavy (non-hydrogen) atoms. The summed E-state index contributed by atoms with van der Waals surface area (Å²) in [6.07, 6.45) is 0.502. The quantitative estimate of drug-likeness (QED) is 0.857. The number of carbonyl (C=O) groups excluding carboxylic acids is 1. The first kappa shape index (κ1) is 18.4. The van der Waals surface area contributed by atoms with Crippen molar-refractivity contribution in [3.8, 4) is 0 Å². The lowest BCUT2D eigenvalue weighted by molar-refractivity contribution is -0.132. The first-order valence-corrected chi connectivity index (χ1v) is 7.81. The predicted molar refractivity (Wildman–Crippen MR) is 89.7 cm³/mol. The number of morpholine rings is 1. The number of nitrogens with one attached hydrogen (secondary N) is 1. The Kier molecular flexibility index (Phi) is 8.26. The Morgan fingerprint density at radius 3 is 2.95 bits per heavy atom. The highest BCUT2D eigenvalue weighted by molar-refractivity contribution is 9.10. The van der Waals surface area contributed by atoms with Gasteiger partial charge >= 0.3 is 0 Å². The van der Waals surface area contributed by atoms with E-state index in [1.165, 1.54) is 0 Å². The van der Waals surface area contributed by atoms with E-state index in [-0.39, 0.29) is 24.4 Å². The lowest BCUT2D eigenvalue weighted by Crippen LogP contribution is -2.45. The molecule has 0 bridgehead atoms. The predicted octanol–water partition coefficient (Wildman–Crippen LogP) is 2.60. The van der Waals surface area contributed by atoms with Crippen LogP contribution in [-0.2, 0) is 16.1 Å². The zero-order valence-electron chi connectivity index (χ0n) is 12.2. The van der Waals surface area contributed by atoms with E-state index < -0.39 is 0 Å². The van der Waals surface area contributed by atoms with Crippen LogP contribution < -0.4 is 5.32 Å². The van der Waals surface area contributed by atoms with Crippen molar-refractivity contribution in [2.45, 2.75) is 25.9 Å². The smallest absolute Gasteiger partial charge is 0.224 e. The van der Waals surface area contributed by atoms with Gasteiger partial charge in [0.25, 0.3) is 0 Å². The molecule has 4 nitrogen and oxygen atoms in total. The molecule has 0 radical (unpaired) electrons. The molecule has 1 heterocycles. The van der Waals surface area contributed by atoms with Gasteiger partial charge in [-0.1, -0.05) is 28.1 Å². The number of hydrogen-bond acceptors (Lipinski definition) is 3.